The predicted molar refractivity (Wildman–Crippen MR) is 94.4 cm³/mol. The van der Waals surface area contributed by atoms with Gasteiger partial charge in [0.2, 0.25) is 0 Å². The number of methoxy groups -OCH3 is 1. The number of fused-ring (bicyclic) bond motifs is 3. The van der Waals surface area contributed by atoms with Crippen molar-refractivity contribution in [3.63, 3.8) is 0 Å². The van der Waals surface area contributed by atoms with Gasteiger partial charge in [0, 0.05) is 34.3 Å². The standard InChI is InChI=1S/C18H22N2O2S/c1-22-14-6-3-11-7-17(19-16(11)10-14)18(21)20-12-4-5-13(20)9-15(8-12)23-2/h3,6-7,10,12-13,15,19H,4-5,8-9H2,1-2H3/t12-,13-/m0/s1. The lowest BCUT2D eigenvalue weighted by molar-refractivity contribution is 0.0596. The first-order chi connectivity index (χ1) is 11.2. The molecule has 1 amide bonds. The highest BCUT2D eigenvalue weighted by Crippen LogP contribution is 2.40. The van der Waals surface area contributed by atoms with E-state index in [0.29, 0.717) is 23.0 Å². The number of carbonyl (C=O) groups is 1. The highest BCUT2D eigenvalue weighted by molar-refractivity contribution is 7.99. The first kappa shape index (κ1) is 14.9. The lowest BCUT2D eigenvalue weighted by Crippen LogP contribution is -2.47. The largest absolute Gasteiger partial charge is 0.497 e. The minimum Gasteiger partial charge on any atom is -0.497 e. The van der Waals surface area contributed by atoms with Crippen LogP contribution >= 0.6 is 11.8 Å². The molecule has 2 aliphatic rings. The Balaban J connectivity index is 1.62. The second kappa shape index (κ2) is 5.78. The van der Waals surface area contributed by atoms with Gasteiger partial charge in [-0.15, -0.1) is 0 Å². The summed E-state index contributed by atoms with van der Waals surface area (Å²) in [4.78, 5) is 18.5. The number of benzene rings is 1. The summed E-state index contributed by atoms with van der Waals surface area (Å²) < 4.78 is 5.26. The van der Waals surface area contributed by atoms with Gasteiger partial charge in [0.1, 0.15) is 11.4 Å². The number of carbonyl (C=O) groups excluding carboxylic acids is 1. The molecule has 5 heteroatoms. The maximum absolute atomic E-state index is 13.0. The van der Waals surface area contributed by atoms with E-state index in [1.807, 2.05) is 36.0 Å². The van der Waals surface area contributed by atoms with E-state index < -0.39 is 0 Å². The molecule has 122 valence electrons. The molecule has 23 heavy (non-hydrogen) atoms. The molecule has 0 unspecified atom stereocenters. The molecule has 2 saturated heterocycles. The van der Waals surface area contributed by atoms with Crippen molar-refractivity contribution in [3.05, 3.63) is 30.0 Å². The molecule has 1 aromatic heterocycles. The van der Waals surface area contributed by atoms with Gasteiger partial charge < -0.3 is 14.6 Å². The van der Waals surface area contributed by atoms with Gasteiger partial charge in [0.25, 0.3) is 5.91 Å². The van der Waals surface area contributed by atoms with E-state index in [9.17, 15) is 4.79 Å². The van der Waals surface area contributed by atoms with Crippen LogP contribution in [0.2, 0.25) is 0 Å². The monoisotopic (exact) mass is 330 g/mol. The summed E-state index contributed by atoms with van der Waals surface area (Å²) in [6.07, 6.45) is 6.77. The average Bonchev–Trinajstić information content (AvgIpc) is 3.11. The molecule has 0 radical (unpaired) electrons. The first-order valence-electron chi connectivity index (χ1n) is 8.22. The van der Waals surface area contributed by atoms with Gasteiger partial charge in [-0.3, -0.25) is 4.79 Å². The van der Waals surface area contributed by atoms with Crippen LogP contribution in [0.4, 0.5) is 0 Å². The number of amides is 1. The van der Waals surface area contributed by atoms with Crippen molar-refractivity contribution in [2.75, 3.05) is 13.4 Å². The number of piperidine rings is 1. The number of aromatic amines is 1. The van der Waals surface area contributed by atoms with Gasteiger partial charge in [-0.05, 0) is 50.1 Å². The molecule has 2 aliphatic heterocycles. The van der Waals surface area contributed by atoms with Crippen LogP contribution in [-0.2, 0) is 0 Å². The van der Waals surface area contributed by atoms with Crippen LogP contribution in [0.3, 0.4) is 0 Å². The van der Waals surface area contributed by atoms with Crippen molar-refractivity contribution in [1.82, 2.24) is 9.88 Å². The number of thioether (sulfide) groups is 1. The highest BCUT2D eigenvalue weighted by Gasteiger charge is 2.43. The minimum atomic E-state index is 0.159. The summed E-state index contributed by atoms with van der Waals surface area (Å²) in [5, 5.41) is 1.77. The summed E-state index contributed by atoms with van der Waals surface area (Å²) >= 11 is 1.95. The number of H-pyrrole nitrogens is 1. The zero-order valence-electron chi connectivity index (χ0n) is 13.5. The normalized spacial score (nSPS) is 26.7. The van der Waals surface area contributed by atoms with Crippen LogP contribution in [0.5, 0.6) is 5.75 Å². The Hall–Kier alpha value is -1.62. The van der Waals surface area contributed by atoms with Crippen molar-refractivity contribution in [1.29, 1.82) is 0 Å². The molecule has 3 heterocycles. The summed E-state index contributed by atoms with van der Waals surface area (Å²) in [6, 6.07) is 8.67. The number of nitrogens with one attached hydrogen (secondary N) is 1. The second-order valence-corrected chi connectivity index (χ2v) is 7.70. The SMILES string of the molecule is COc1ccc2cc(C(=O)N3[C@H]4CC[C@H]3CC(SC)C4)[nH]c2c1. The Morgan fingerprint density at radius 1 is 1.26 bits per heavy atom. The molecule has 2 bridgehead atoms. The van der Waals surface area contributed by atoms with Gasteiger partial charge in [-0.1, -0.05) is 0 Å². The van der Waals surface area contributed by atoms with E-state index in [1.165, 1.54) is 0 Å². The van der Waals surface area contributed by atoms with E-state index in [-0.39, 0.29) is 5.91 Å². The Bertz CT molecular complexity index is 728. The van der Waals surface area contributed by atoms with Crippen LogP contribution in [0.25, 0.3) is 10.9 Å². The Morgan fingerprint density at radius 2 is 2.00 bits per heavy atom. The third-order valence-electron chi connectivity index (χ3n) is 5.32. The van der Waals surface area contributed by atoms with Crippen LogP contribution < -0.4 is 4.74 Å². The van der Waals surface area contributed by atoms with Crippen LogP contribution in [0.1, 0.15) is 36.2 Å². The predicted octanol–water partition coefficient (Wildman–Crippen LogP) is 3.68. The number of ether oxygens (including phenoxy) is 1. The first-order valence-corrected chi connectivity index (χ1v) is 9.50. The van der Waals surface area contributed by atoms with E-state index in [2.05, 4.69) is 16.1 Å². The summed E-state index contributed by atoms with van der Waals surface area (Å²) in [6.45, 7) is 0. The average molecular weight is 330 g/mol. The smallest absolute Gasteiger partial charge is 0.270 e. The van der Waals surface area contributed by atoms with E-state index >= 15 is 0 Å². The van der Waals surface area contributed by atoms with E-state index in [0.717, 1.165) is 42.3 Å². The molecular formula is C18H22N2O2S. The summed E-state index contributed by atoms with van der Waals surface area (Å²) in [5.74, 6) is 0.964. The Morgan fingerprint density at radius 3 is 2.65 bits per heavy atom. The lowest BCUT2D eigenvalue weighted by Gasteiger charge is -2.38. The van der Waals surface area contributed by atoms with Crippen molar-refractivity contribution < 1.29 is 9.53 Å². The van der Waals surface area contributed by atoms with Crippen molar-refractivity contribution in [2.45, 2.75) is 43.0 Å². The molecule has 2 atom stereocenters. The fourth-order valence-electron chi connectivity index (χ4n) is 4.14. The van der Waals surface area contributed by atoms with Gasteiger partial charge >= 0.3 is 0 Å². The third-order valence-corrected chi connectivity index (χ3v) is 6.37. The van der Waals surface area contributed by atoms with Crippen LogP contribution in [0, 0.1) is 0 Å². The molecule has 0 saturated carbocycles. The maximum atomic E-state index is 13.0. The van der Waals surface area contributed by atoms with Crippen molar-refractivity contribution >= 4 is 28.6 Å². The Labute approximate surface area is 140 Å². The lowest BCUT2D eigenvalue weighted by atomic mass is 10.0. The molecule has 2 fully saturated rings. The van der Waals surface area contributed by atoms with Gasteiger partial charge in [0.15, 0.2) is 0 Å². The molecule has 4 rings (SSSR count). The van der Waals surface area contributed by atoms with Crippen LogP contribution in [0.15, 0.2) is 24.3 Å². The molecule has 1 aromatic carbocycles. The quantitative estimate of drug-likeness (QED) is 0.934. The molecule has 1 N–H and O–H groups in total. The summed E-state index contributed by atoms with van der Waals surface area (Å²) in [5.41, 5.74) is 1.66. The van der Waals surface area contributed by atoms with E-state index in [1.54, 1.807) is 7.11 Å². The number of rotatable bonds is 3. The van der Waals surface area contributed by atoms with Crippen LogP contribution in [-0.4, -0.2) is 46.5 Å². The molecule has 4 nitrogen and oxygen atoms in total. The number of nitrogens with zero attached hydrogens (tertiary/aromatic N) is 1. The topological polar surface area (TPSA) is 45.3 Å². The fraction of sp³-hybridized carbons (Fsp3) is 0.500. The highest BCUT2D eigenvalue weighted by atomic mass is 32.2. The molecule has 0 aliphatic carbocycles. The second-order valence-electron chi connectivity index (χ2n) is 6.56. The minimum absolute atomic E-state index is 0.159. The van der Waals surface area contributed by atoms with Crippen molar-refractivity contribution in [3.8, 4) is 5.75 Å². The zero-order chi connectivity index (χ0) is 16.0. The van der Waals surface area contributed by atoms with Crippen molar-refractivity contribution in [2.24, 2.45) is 0 Å². The fourth-order valence-corrected chi connectivity index (χ4v) is 4.97. The zero-order valence-corrected chi connectivity index (χ0v) is 14.4. The number of hydrogen-bond acceptors (Lipinski definition) is 3. The van der Waals surface area contributed by atoms with Gasteiger partial charge in [-0.2, -0.15) is 11.8 Å². The molecule has 2 aromatic rings. The summed E-state index contributed by atoms with van der Waals surface area (Å²) in [7, 11) is 1.66. The molecule has 0 spiro atoms. The van der Waals surface area contributed by atoms with E-state index in [4.69, 9.17) is 4.74 Å². The molecular weight excluding hydrogens is 308 g/mol. The maximum Gasteiger partial charge on any atom is 0.270 e. The Kier molecular flexibility index (Phi) is 3.76. The number of hydrogen-bond donors (Lipinski definition) is 1. The van der Waals surface area contributed by atoms with Gasteiger partial charge in [-0.25, -0.2) is 0 Å². The third kappa shape index (κ3) is 2.51. The number of aromatic nitrogens is 1. The van der Waals surface area contributed by atoms with Gasteiger partial charge in [0.05, 0.1) is 7.11 Å².